The molecule has 1 aliphatic carbocycles. The second-order valence-corrected chi connectivity index (χ2v) is 12.0. The minimum absolute atomic E-state index is 0.111. The first-order valence-electron chi connectivity index (χ1n) is 12.0. The topological polar surface area (TPSA) is 84.7 Å². The second-order valence-electron chi connectivity index (χ2n) is 9.84. The highest BCUT2D eigenvalue weighted by atomic mass is 32.2. The van der Waals surface area contributed by atoms with Crippen LogP contribution in [0.5, 0.6) is 11.5 Å². The number of hydrogen-bond donors (Lipinski definition) is 1. The summed E-state index contributed by atoms with van der Waals surface area (Å²) < 4.78 is 31.5. The Morgan fingerprint density at radius 3 is 2.56 bits per heavy atom. The summed E-state index contributed by atoms with van der Waals surface area (Å²) in [6, 6.07) is 14.0. The Morgan fingerprint density at radius 2 is 1.85 bits per heavy atom. The van der Waals surface area contributed by atoms with E-state index in [0.29, 0.717) is 5.92 Å². The quantitative estimate of drug-likeness (QED) is 0.571. The Labute approximate surface area is 199 Å². The molecular formula is C26H29N3O4S. The molecule has 1 aromatic heterocycles. The normalized spacial score (nSPS) is 22.6. The van der Waals surface area contributed by atoms with Crippen molar-refractivity contribution in [3.05, 3.63) is 60.4 Å². The van der Waals surface area contributed by atoms with Crippen LogP contribution in [0.2, 0.25) is 0 Å². The Hall–Kier alpha value is -2.84. The largest absolute Gasteiger partial charge is 0.456 e. The zero-order chi connectivity index (χ0) is 23.4. The Kier molecular flexibility index (Phi) is 5.18. The molecule has 3 heterocycles. The molecule has 8 heteroatoms. The molecule has 2 atom stereocenters. The van der Waals surface area contributed by atoms with Gasteiger partial charge in [0.15, 0.2) is 9.84 Å². The molecule has 6 rings (SSSR count). The summed E-state index contributed by atoms with van der Waals surface area (Å²) in [6.45, 7) is 2.18. The maximum atomic E-state index is 11.6. The lowest BCUT2D eigenvalue weighted by Gasteiger charge is -2.41. The van der Waals surface area contributed by atoms with Crippen LogP contribution < -0.4 is 9.64 Å². The van der Waals surface area contributed by atoms with E-state index in [1.807, 2.05) is 42.6 Å². The molecule has 34 heavy (non-hydrogen) atoms. The number of nitrogens with zero attached hydrogens (tertiary/aromatic N) is 3. The third-order valence-electron chi connectivity index (χ3n) is 7.27. The summed E-state index contributed by atoms with van der Waals surface area (Å²) in [5.74, 6) is 2.14. The van der Waals surface area contributed by atoms with Gasteiger partial charge in [-0.25, -0.2) is 8.42 Å². The van der Waals surface area contributed by atoms with E-state index in [9.17, 15) is 13.5 Å². The van der Waals surface area contributed by atoms with E-state index in [1.54, 1.807) is 10.9 Å². The fraction of sp³-hybridized carbons (Fsp3) is 0.423. The van der Waals surface area contributed by atoms with Crippen molar-refractivity contribution < 1.29 is 18.3 Å². The molecule has 178 valence electrons. The number of fused-ring (bicyclic) bond motifs is 1. The molecule has 2 aliphatic heterocycles. The Balaban J connectivity index is 1.43. The minimum atomic E-state index is -2.93. The molecule has 7 nitrogen and oxygen atoms in total. The van der Waals surface area contributed by atoms with E-state index in [1.165, 1.54) is 0 Å². The lowest BCUT2D eigenvalue weighted by atomic mass is 9.91. The number of ether oxygens (including phenoxy) is 1. The molecule has 1 unspecified atom stereocenters. The zero-order valence-electron chi connectivity index (χ0n) is 19.2. The molecule has 3 aromatic rings. The van der Waals surface area contributed by atoms with Gasteiger partial charge in [0.25, 0.3) is 0 Å². The molecule has 0 amide bonds. The van der Waals surface area contributed by atoms with Gasteiger partial charge in [0.05, 0.1) is 23.7 Å². The van der Waals surface area contributed by atoms with Gasteiger partial charge in [0.1, 0.15) is 17.7 Å². The third-order valence-corrected chi connectivity index (χ3v) is 9.06. The van der Waals surface area contributed by atoms with E-state index in [2.05, 4.69) is 23.0 Å². The third kappa shape index (κ3) is 3.88. The molecule has 0 spiro atoms. The lowest BCUT2D eigenvalue weighted by Crippen LogP contribution is -2.46. The number of para-hydroxylation sites is 1. The summed E-state index contributed by atoms with van der Waals surface area (Å²) in [4.78, 5) is 2.17. The van der Waals surface area contributed by atoms with Crippen LogP contribution in [0.1, 0.15) is 37.8 Å². The number of aliphatic hydroxyl groups excluding tert-OH is 1. The van der Waals surface area contributed by atoms with Crippen molar-refractivity contribution in [2.45, 2.75) is 50.9 Å². The summed E-state index contributed by atoms with van der Waals surface area (Å²) >= 11 is 0. The number of benzene rings is 2. The number of sulfone groups is 1. The average molecular weight is 480 g/mol. The molecule has 1 saturated heterocycles. The fourth-order valence-electron chi connectivity index (χ4n) is 5.17. The van der Waals surface area contributed by atoms with Gasteiger partial charge < -0.3 is 14.7 Å². The monoisotopic (exact) mass is 479 g/mol. The highest BCUT2D eigenvalue weighted by Gasteiger charge is 2.39. The van der Waals surface area contributed by atoms with Gasteiger partial charge in [0, 0.05) is 40.5 Å². The van der Waals surface area contributed by atoms with E-state index >= 15 is 0 Å². The van der Waals surface area contributed by atoms with Crippen LogP contribution in [0.15, 0.2) is 54.9 Å². The van der Waals surface area contributed by atoms with Gasteiger partial charge in [-0.2, -0.15) is 5.10 Å². The van der Waals surface area contributed by atoms with Gasteiger partial charge in [-0.05, 0) is 56.9 Å². The highest BCUT2D eigenvalue weighted by molar-refractivity contribution is 7.92. The predicted octanol–water partition coefficient (Wildman–Crippen LogP) is 4.18. The first-order chi connectivity index (χ1) is 16.4. The minimum Gasteiger partial charge on any atom is -0.456 e. The maximum Gasteiger partial charge on any atom is 0.154 e. The van der Waals surface area contributed by atoms with Crippen molar-refractivity contribution in [1.29, 1.82) is 0 Å². The van der Waals surface area contributed by atoms with Crippen molar-refractivity contribution in [1.82, 2.24) is 9.78 Å². The number of aliphatic hydroxyl groups is 1. The molecule has 2 aromatic carbocycles. The summed E-state index contributed by atoms with van der Waals surface area (Å²) in [7, 11) is -2.93. The molecule has 2 fully saturated rings. The van der Waals surface area contributed by atoms with Gasteiger partial charge in [-0.3, -0.25) is 4.68 Å². The molecule has 3 aliphatic rings. The van der Waals surface area contributed by atoms with Crippen molar-refractivity contribution >= 4 is 15.5 Å². The molecular weight excluding hydrogens is 450 g/mol. The smallest absolute Gasteiger partial charge is 0.154 e. The number of hydrogen-bond acceptors (Lipinski definition) is 6. The number of aromatic nitrogens is 2. The SMILES string of the molecule is C[C@H]1CCc2c(ccc(-c3cnn(C4CS(=O)(=O)C4)c3)c2Oc2ccccc2)N1C(O)C1CC1. The average Bonchev–Trinajstić information content (AvgIpc) is 3.55. The maximum absolute atomic E-state index is 11.6. The van der Waals surface area contributed by atoms with E-state index < -0.39 is 16.1 Å². The van der Waals surface area contributed by atoms with E-state index in [-0.39, 0.29) is 23.6 Å². The Bertz CT molecular complexity index is 1310. The molecule has 0 radical (unpaired) electrons. The first kappa shape index (κ1) is 21.7. The van der Waals surface area contributed by atoms with Crippen molar-refractivity contribution in [2.75, 3.05) is 16.4 Å². The van der Waals surface area contributed by atoms with E-state index in [4.69, 9.17) is 4.74 Å². The predicted molar refractivity (Wildman–Crippen MR) is 131 cm³/mol. The Morgan fingerprint density at radius 1 is 1.09 bits per heavy atom. The molecule has 0 bridgehead atoms. The van der Waals surface area contributed by atoms with Crippen LogP contribution >= 0.6 is 0 Å². The van der Waals surface area contributed by atoms with Gasteiger partial charge >= 0.3 is 0 Å². The van der Waals surface area contributed by atoms with Gasteiger partial charge in [-0.1, -0.05) is 18.2 Å². The van der Waals surface area contributed by atoms with Crippen LogP contribution in [0.25, 0.3) is 11.1 Å². The van der Waals surface area contributed by atoms with Crippen molar-refractivity contribution in [2.24, 2.45) is 5.92 Å². The van der Waals surface area contributed by atoms with Crippen molar-refractivity contribution in [3.63, 3.8) is 0 Å². The van der Waals surface area contributed by atoms with Gasteiger partial charge in [-0.15, -0.1) is 0 Å². The van der Waals surface area contributed by atoms with Crippen LogP contribution in [-0.2, 0) is 16.3 Å². The molecule has 1 saturated carbocycles. The van der Waals surface area contributed by atoms with Crippen LogP contribution in [0, 0.1) is 5.92 Å². The summed E-state index contributed by atoms with van der Waals surface area (Å²) in [5, 5.41) is 15.5. The number of anilines is 1. The lowest BCUT2D eigenvalue weighted by molar-refractivity contribution is 0.133. The highest BCUT2D eigenvalue weighted by Crippen LogP contribution is 2.47. The summed E-state index contributed by atoms with van der Waals surface area (Å²) in [5.41, 5.74) is 3.95. The fourth-order valence-corrected chi connectivity index (χ4v) is 6.55. The van der Waals surface area contributed by atoms with Crippen LogP contribution in [0.3, 0.4) is 0 Å². The second kappa shape index (κ2) is 8.13. The summed E-state index contributed by atoms with van der Waals surface area (Å²) in [6.07, 6.45) is 7.16. The van der Waals surface area contributed by atoms with E-state index in [0.717, 1.165) is 59.6 Å². The van der Waals surface area contributed by atoms with Gasteiger partial charge in [0.2, 0.25) is 0 Å². The molecule has 1 N–H and O–H groups in total. The zero-order valence-corrected chi connectivity index (χ0v) is 20.0. The first-order valence-corrected chi connectivity index (χ1v) is 13.8. The van der Waals surface area contributed by atoms with Crippen LogP contribution in [-0.4, -0.2) is 47.1 Å². The van der Waals surface area contributed by atoms with Crippen molar-refractivity contribution in [3.8, 4) is 22.6 Å². The van der Waals surface area contributed by atoms with Crippen LogP contribution in [0.4, 0.5) is 5.69 Å². The standard InChI is InChI=1S/C26H29N3O4S/c1-17-7-10-23-24(29(17)26(30)18-8-9-18)12-11-22(25(23)33-21-5-3-2-4-6-21)19-13-27-28(14-19)20-15-34(31,32)16-20/h2-6,11-14,17-18,20,26,30H,7-10,15-16H2,1H3/t17-,26?/m0/s1. The number of rotatable bonds is 6.